The molecular formula is C9H12O2. The summed E-state index contributed by atoms with van der Waals surface area (Å²) in [4.78, 5) is 11.5. The Labute approximate surface area is 66.2 Å². The topological polar surface area (TPSA) is 26.3 Å². The van der Waals surface area contributed by atoms with E-state index in [0.717, 1.165) is 0 Å². The predicted octanol–water partition coefficient (Wildman–Crippen LogP) is 1.31. The molecule has 0 radical (unpaired) electrons. The Kier molecular flexibility index (Phi) is 1.25. The van der Waals surface area contributed by atoms with Crippen LogP contribution in [0, 0.1) is 5.41 Å². The van der Waals surface area contributed by atoms with Gasteiger partial charge in [-0.2, -0.15) is 0 Å². The summed E-state index contributed by atoms with van der Waals surface area (Å²) >= 11 is 0. The molecule has 0 aliphatic carbocycles. The first-order chi connectivity index (χ1) is 5.10. The number of rotatable bonds is 0. The van der Waals surface area contributed by atoms with Crippen LogP contribution in [-0.2, 0) is 9.53 Å². The van der Waals surface area contributed by atoms with Crippen molar-refractivity contribution in [2.24, 2.45) is 5.41 Å². The summed E-state index contributed by atoms with van der Waals surface area (Å²) in [5, 5.41) is 0. The van der Waals surface area contributed by atoms with Crippen LogP contribution in [0.25, 0.3) is 0 Å². The fraction of sp³-hybridized carbons (Fsp3) is 0.667. The zero-order chi connectivity index (χ0) is 8.06. The van der Waals surface area contributed by atoms with E-state index >= 15 is 0 Å². The van der Waals surface area contributed by atoms with Gasteiger partial charge in [0.1, 0.15) is 5.78 Å². The second kappa shape index (κ2) is 1.95. The van der Waals surface area contributed by atoms with Gasteiger partial charge >= 0.3 is 0 Å². The van der Waals surface area contributed by atoms with Crippen LogP contribution in [0.5, 0.6) is 0 Å². The molecule has 0 spiro atoms. The van der Waals surface area contributed by atoms with E-state index in [1.165, 1.54) is 0 Å². The maximum absolute atomic E-state index is 11.5. The van der Waals surface area contributed by atoms with E-state index < -0.39 is 0 Å². The minimum atomic E-state index is -0.302. The summed E-state index contributed by atoms with van der Waals surface area (Å²) in [5.74, 6) is 0.323. The van der Waals surface area contributed by atoms with Crippen LogP contribution in [0.3, 0.4) is 0 Å². The van der Waals surface area contributed by atoms with Crippen LogP contribution in [0.4, 0.5) is 0 Å². The van der Waals surface area contributed by atoms with Gasteiger partial charge in [0, 0.05) is 6.42 Å². The first kappa shape index (κ1) is 7.04. The van der Waals surface area contributed by atoms with Crippen molar-refractivity contribution in [1.82, 2.24) is 0 Å². The average molecular weight is 152 g/mol. The summed E-state index contributed by atoms with van der Waals surface area (Å²) in [7, 11) is 0. The van der Waals surface area contributed by atoms with Gasteiger partial charge in [-0.3, -0.25) is 4.79 Å². The Balaban J connectivity index is 2.33. The van der Waals surface area contributed by atoms with Crippen LogP contribution in [0.15, 0.2) is 12.2 Å². The Morgan fingerprint density at radius 3 is 3.00 bits per heavy atom. The van der Waals surface area contributed by atoms with E-state index in [1.807, 2.05) is 26.0 Å². The molecule has 2 aliphatic heterocycles. The molecule has 0 aromatic heterocycles. The molecule has 0 amide bonds. The monoisotopic (exact) mass is 152 g/mol. The Morgan fingerprint density at radius 2 is 2.27 bits per heavy atom. The fourth-order valence-corrected chi connectivity index (χ4v) is 1.64. The Hall–Kier alpha value is -0.630. The second-order valence-corrected chi connectivity index (χ2v) is 3.83. The third-order valence-electron chi connectivity index (χ3n) is 2.64. The highest BCUT2D eigenvalue weighted by Gasteiger charge is 2.44. The standard InChI is InChI=1S/C9H12O2/c1-9(2)7(10)5-6-3-4-8(9)11-6/h3-4,6,8H,5H2,1-2H3/t6-,8+/m1/s1. The fourth-order valence-electron chi connectivity index (χ4n) is 1.64. The molecule has 0 saturated carbocycles. The van der Waals surface area contributed by atoms with Gasteiger partial charge in [-0.1, -0.05) is 26.0 Å². The second-order valence-electron chi connectivity index (χ2n) is 3.83. The number of ether oxygens (including phenoxy) is 1. The van der Waals surface area contributed by atoms with Gasteiger partial charge in [0.05, 0.1) is 17.6 Å². The summed E-state index contributed by atoms with van der Waals surface area (Å²) in [6.07, 6.45) is 4.65. The molecule has 0 N–H and O–H groups in total. The lowest BCUT2D eigenvalue weighted by atomic mass is 9.80. The van der Waals surface area contributed by atoms with Gasteiger partial charge in [0.15, 0.2) is 0 Å². The zero-order valence-electron chi connectivity index (χ0n) is 6.83. The summed E-state index contributed by atoms with van der Waals surface area (Å²) < 4.78 is 5.55. The van der Waals surface area contributed by atoms with Crippen LogP contribution in [0.1, 0.15) is 20.3 Å². The number of hydrogen-bond acceptors (Lipinski definition) is 2. The first-order valence-electron chi connectivity index (χ1n) is 3.98. The molecule has 2 bridgehead atoms. The van der Waals surface area contributed by atoms with E-state index in [1.54, 1.807) is 0 Å². The zero-order valence-corrected chi connectivity index (χ0v) is 6.83. The predicted molar refractivity (Wildman–Crippen MR) is 41.2 cm³/mol. The van der Waals surface area contributed by atoms with Gasteiger partial charge in [0.2, 0.25) is 0 Å². The number of carbonyl (C=O) groups excluding carboxylic acids is 1. The lowest BCUT2D eigenvalue weighted by molar-refractivity contribution is -0.145. The van der Waals surface area contributed by atoms with Crippen LogP contribution >= 0.6 is 0 Å². The number of Topliss-reactive ketones (excluding diaryl/α,β-unsaturated/α-hetero) is 1. The third-order valence-corrected chi connectivity index (χ3v) is 2.64. The van der Waals surface area contributed by atoms with Gasteiger partial charge in [-0.25, -0.2) is 0 Å². The quantitative estimate of drug-likeness (QED) is 0.489. The van der Waals surface area contributed by atoms with E-state index in [9.17, 15) is 4.79 Å². The van der Waals surface area contributed by atoms with Crippen molar-refractivity contribution in [2.45, 2.75) is 32.5 Å². The van der Waals surface area contributed by atoms with Crippen molar-refractivity contribution < 1.29 is 9.53 Å². The highest BCUT2D eigenvalue weighted by atomic mass is 16.5. The van der Waals surface area contributed by atoms with Crippen LogP contribution in [-0.4, -0.2) is 18.0 Å². The molecule has 2 atom stereocenters. The van der Waals surface area contributed by atoms with Crippen molar-refractivity contribution in [2.75, 3.05) is 0 Å². The third kappa shape index (κ3) is 0.857. The molecule has 1 saturated heterocycles. The molecular weight excluding hydrogens is 140 g/mol. The number of fused-ring (bicyclic) bond motifs is 2. The maximum Gasteiger partial charge on any atom is 0.144 e. The molecule has 2 rings (SSSR count). The van der Waals surface area contributed by atoms with Gasteiger partial charge in [-0.05, 0) is 0 Å². The SMILES string of the molecule is CC1(C)C(=O)C[C@H]2C=C[C@@H]1O2. The molecule has 60 valence electrons. The first-order valence-corrected chi connectivity index (χ1v) is 3.98. The molecule has 2 heterocycles. The van der Waals surface area contributed by atoms with E-state index in [4.69, 9.17) is 4.74 Å². The smallest absolute Gasteiger partial charge is 0.144 e. The van der Waals surface area contributed by atoms with Crippen molar-refractivity contribution in [3.63, 3.8) is 0 Å². The Bertz CT molecular complexity index is 228. The molecule has 0 aromatic carbocycles. The van der Waals surface area contributed by atoms with Crippen LogP contribution in [0.2, 0.25) is 0 Å². The van der Waals surface area contributed by atoms with Gasteiger partial charge in [-0.15, -0.1) is 0 Å². The average Bonchev–Trinajstić information content (AvgIpc) is 2.31. The minimum Gasteiger partial charge on any atom is -0.365 e. The lowest BCUT2D eigenvalue weighted by Crippen LogP contribution is -2.43. The largest absolute Gasteiger partial charge is 0.365 e. The minimum absolute atomic E-state index is 0.0220. The molecule has 0 aromatic rings. The van der Waals surface area contributed by atoms with Crippen molar-refractivity contribution >= 4 is 5.78 Å². The summed E-state index contributed by atoms with van der Waals surface area (Å²) in [6.45, 7) is 3.90. The van der Waals surface area contributed by atoms with Crippen molar-refractivity contribution in [3.05, 3.63) is 12.2 Å². The maximum atomic E-state index is 11.5. The molecule has 2 aliphatic rings. The number of ketones is 1. The highest BCUT2D eigenvalue weighted by Crippen LogP contribution is 2.37. The summed E-state index contributed by atoms with van der Waals surface area (Å²) in [5.41, 5.74) is -0.302. The Morgan fingerprint density at radius 1 is 1.55 bits per heavy atom. The van der Waals surface area contributed by atoms with E-state index in [0.29, 0.717) is 12.2 Å². The highest BCUT2D eigenvalue weighted by molar-refractivity contribution is 5.87. The van der Waals surface area contributed by atoms with Crippen LogP contribution < -0.4 is 0 Å². The van der Waals surface area contributed by atoms with Gasteiger partial charge in [0.25, 0.3) is 0 Å². The van der Waals surface area contributed by atoms with Crippen molar-refractivity contribution in [3.8, 4) is 0 Å². The normalized spacial score (nSPS) is 39.6. The lowest BCUT2D eigenvalue weighted by Gasteiger charge is -2.34. The molecule has 0 unspecified atom stereocenters. The van der Waals surface area contributed by atoms with E-state index in [-0.39, 0.29) is 17.6 Å². The molecule has 11 heavy (non-hydrogen) atoms. The molecule has 2 heteroatoms. The molecule has 1 fully saturated rings. The molecule has 2 nitrogen and oxygen atoms in total. The summed E-state index contributed by atoms with van der Waals surface area (Å²) in [6, 6.07) is 0. The number of hydrogen-bond donors (Lipinski definition) is 0. The van der Waals surface area contributed by atoms with Gasteiger partial charge < -0.3 is 4.74 Å². The van der Waals surface area contributed by atoms with E-state index in [2.05, 4.69) is 0 Å². The number of carbonyl (C=O) groups is 1. The van der Waals surface area contributed by atoms with Crippen molar-refractivity contribution in [1.29, 1.82) is 0 Å².